The van der Waals surface area contributed by atoms with Crippen molar-refractivity contribution in [2.75, 3.05) is 13.2 Å². The molecular weight excluding hydrogens is 240 g/mol. The zero-order valence-corrected chi connectivity index (χ0v) is 12.0. The molecule has 1 aromatic carbocycles. The van der Waals surface area contributed by atoms with E-state index < -0.39 is 0 Å². The molecule has 4 nitrogen and oxygen atoms in total. The molecule has 0 aliphatic heterocycles. The van der Waals surface area contributed by atoms with Gasteiger partial charge in [0.05, 0.1) is 0 Å². The van der Waals surface area contributed by atoms with E-state index in [9.17, 15) is 4.79 Å². The lowest BCUT2D eigenvalue weighted by Crippen LogP contribution is -2.30. The molecule has 3 N–H and O–H groups in total. The Kier molecular flexibility index (Phi) is 6.36. The Morgan fingerprint density at radius 2 is 1.89 bits per heavy atom. The monoisotopic (exact) mass is 264 g/mol. The lowest BCUT2D eigenvalue weighted by molar-refractivity contribution is -0.123. The first kappa shape index (κ1) is 15.5. The van der Waals surface area contributed by atoms with Gasteiger partial charge in [-0.2, -0.15) is 0 Å². The largest absolute Gasteiger partial charge is 0.484 e. The molecule has 0 aliphatic carbocycles. The Morgan fingerprint density at radius 3 is 2.42 bits per heavy atom. The molecule has 0 bridgehead atoms. The van der Waals surface area contributed by atoms with Crippen molar-refractivity contribution in [1.29, 1.82) is 0 Å². The summed E-state index contributed by atoms with van der Waals surface area (Å²) in [5, 5.41) is 2.83. The Hall–Kier alpha value is -1.55. The van der Waals surface area contributed by atoms with Crippen LogP contribution in [-0.4, -0.2) is 19.1 Å². The van der Waals surface area contributed by atoms with Gasteiger partial charge in [-0.05, 0) is 37.0 Å². The Labute approximate surface area is 115 Å². The Bertz CT molecular complexity index is 386. The maximum absolute atomic E-state index is 11.5. The minimum atomic E-state index is -0.0862. The molecular formula is C15H24N2O2. The average Bonchev–Trinajstić information content (AvgIpc) is 2.36. The van der Waals surface area contributed by atoms with Crippen LogP contribution in [0.1, 0.15) is 38.8 Å². The number of ether oxygens (including phenoxy) is 1. The predicted molar refractivity (Wildman–Crippen MR) is 77.0 cm³/mol. The van der Waals surface area contributed by atoms with Crippen LogP contribution < -0.4 is 15.8 Å². The van der Waals surface area contributed by atoms with Crippen LogP contribution in [0.25, 0.3) is 0 Å². The van der Waals surface area contributed by atoms with Gasteiger partial charge in [0.2, 0.25) is 0 Å². The summed E-state index contributed by atoms with van der Waals surface area (Å²) in [6, 6.07) is 7.50. The maximum Gasteiger partial charge on any atom is 0.257 e. The third-order valence-corrected chi connectivity index (χ3v) is 2.82. The average molecular weight is 264 g/mol. The van der Waals surface area contributed by atoms with Crippen LogP contribution in [0.15, 0.2) is 24.3 Å². The molecule has 0 unspecified atom stereocenters. The number of amides is 1. The second-order valence-corrected chi connectivity index (χ2v) is 5.18. The number of carbonyl (C=O) groups excluding carboxylic acids is 1. The van der Waals surface area contributed by atoms with E-state index in [1.54, 1.807) is 0 Å². The van der Waals surface area contributed by atoms with Crippen molar-refractivity contribution in [3.05, 3.63) is 29.8 Å². The Morgan fingerprint density at radius 1 is 1.26 bits per heavy atom. The van der Waals surface area contributed by atoms with Gasteiger partial charge in [0.25, 0.3) is 5.91 Å². The summed E-state index contributed by atoms with van der Waals surface area (Å²) >= 11 is 0. The highest BCUT2D eigenvalue weighted by atomic mass is 16.5. The van der Waals surface area contributed by atoms with Gasteiger partial charge in [-0.1, -0.05) is 26.0 Å². The van der Waals surface area contributed by atoms with E-state index >= 15 is 0 Å². The van der Waals surface area contributed by atoms with E-state index in [2.05, 4.69) is 19.2 Å². The maximum atomic E-state index is 11.5. The molecule has 0 spiro atoms. The second kappa shape index (κ2) is 7.79. The number of rotatable bonds is 7. The van der Waals surface area contributed by atoms with Crippen molar-refractivity contribution >= 4 is 5.91 Å². The fraction of sp³-hybridized carbons (Fsp3) is 0.533. The van der Waals surface area contributed by atoms with Gasteiger partial charge in [-0.3, -0.25) is 4.79 Å². The van der Waals surface area contributed by atoms with Crippen LogP contribution in [0.2, 0.25) is 0 Å². The van der Waals surface area contributed by atoms with E-state index in [0.29, 0.717) is 18.2 Å². The highest BCUT2D eigenvalue weighted by molar-refractivity contribution is 5.77. The van der Waals surface area contributed by atoms with Gasteiger partial charge in [-0.15, -0.1) is 0 Å². The van der Waals surface area contributed by atoms with E-state index in [4.69, 9.17) is 10.5 Å². The molecule has 1 amide bonds. The van der Waals surface area contributed by atoms with Gasteiger partial charge in [-0.25, -0.2) is 0 Å². The van der Waals surface area contributed by atoms with E-state index in [1.165, 1.54) is 0 Å². The van der Waals surface area contributed by atoms with Gasteiger partial charge >= 0.3 is 0 Å². The molecule has 106 valence electrons. The third-order valence-electron chi connectivity index (χ3n) is 2.82. The number of benzene rings is 1. The second-order valence-electron chi connectivity index (χ2n) is 5.18. The van der Waals surface area contributed by atoms with Crippen LogP contribution in [0.3, 0.4) is 0 Å². The number of nitrogens with two attached hydrogens (primary N) is 1. The van der Waals surface area contributed by atoms with Crippen molar-refractivity contribution in [3.8, 4) is 5.75 Å². The van der Waals surface area contributed by atoms with Gasteiger partial charge in [0.1, 0.15) is 5.75 Å². The van der Waals surface area contributed by atoms with Crippen molar-refractivity contribution < 1.29 is 9.53 Å². The summed E-state index contributed by atoms with van der Waals surface area (Å²) < 4.78 is 5.41. The predicted octanol–water partition coefficient (Wildman–Crippen LogP) is 2.25. The molecule has 0 heterocycles. The van der Waals surface area contributed by atoms with Crippen LogP contribution in [0, 0.1) is 5.92 Å². The van der Waals surface area contributed by atoms with Crippen LogP contribution >= 0.6 is 0 Å². The van der Waals surface area contributed by atoms with Gasteiger partial charge in [0, 0.05) is 12.6 Å². The summed E-state index contributed by atoms with van der Waals surface area (Å²) in [7, 11) is 0. The molecule has 0 saturated heterocycles. The van der Waals surface area contributed by atoms with E-state index in [1.807, 2.05) is 31.2 Å². The molecule has 0 aromatic heterocycles. The van der Waals surface area contributed by atoms with E-state index in [0.717, 1.165) is 12.0 Å². The van der Waals surface area contributed by atoms with Crippen molar-refractivity contribution in [2.45, 2.75) is 33.2 Å². The number of nitrogens with one attached hydrogen (secondary N) is 1. The van der Waals surface area contributed by atoms with Gasteiger partial charge in [0.15, 0.2) is 6.61 Å². The first-order valence-electron chi connectivity index (χ1n) is 6.74. The van der Waals surface area contributed by atoms with Crippen molar-refractivity contribution in [2.24, 2.45) is 11.7 Å². The lowest BCUT2D eigenvalue weighted by atomic mass is 10.1. The van der Waals surface area contributed by atoms with Crippen LogP contribution in [-0.2, 0) is 4.79 Å². The number of hydrogen-bond donors (Lipinski definition) is 2. The van der Waals surface area contributed by atoms with Crippen LogP contribution in [0.5, 0.6) is 5.75 Å². The quantitative estimate of drug-likeness (QED) is 0.794. The summed E-state index contributed by atoms with van der Waals surface area (Å²) in [5.41, 5.74) is 6.81. The summed E-state index contributed by atoms with van der Waals surface area (Å²) in [6.07, 6.45) is 0.981. The molecule has 1 rings (SSSR count). The minimum absolute atomic E-state index is 0.00776. The highest BCUT2D eigenvalue weighted by Gasteiger charge is 2.04. The fourth-order valence-electron chi connectivity index (χ4n) is 1.57. The van der Waals surface area contributed by atoms with Gasteiger partial charge < -0.3 is 15.8 Å². The highest BCUT2D eigenvalue weighted by Crippen LogP contribution is 2.15. The molecule has 0 fully saturated rings. The summed E-state index contributed by atoms with van der Waals surface area (Å²) in [4.78, 5) is 11.5. The first-order chi connectivity index (χ1) is 8.99. The molecule has 0 aliphatic rings. The number of hydrogen-bond acceptors (Lipinski definition) is 3. The third kappa shape index (κ3) is 6.25. The molecule has 19 heavy (non-hydrogen) atoms. The lowest BCUT2D eigenvalue weighted by Gasteiger charge is -2.10. The topological polar surface area (TPSA) is 64.3 Å². The fourth-order valence-corrected chi connectivity index (χ4v) is 1.57. The molecule has 4 heteroatoms. The van der Waals surface area contributed by atoms with E-state index in [-0.39, 0.29) is 18.6 Å². The summed E-state index contributed by atoms with van der Waals surface area (Å²) in [5.74, 6) is 1.19. The molecule has 0 saturated carbocycles. The standard InChI is InChI=1S/C15H24N2O2/c1-11(2)8-9-17-15(18)10-19-14-6-4-13(5-7-14)12(3)16/h4-7,11-12H,8-10,16H2,1-3H3,(H,17,18)/t12-/m1/s1. The Balaban J connectivity index is 2.30. The minimum Gasteiger partial charge on any atom is -0.484 e. The van der Waals surface area contributed by atoms with Crippen molar-refractivity contribution in [3.63, 3.8) is 0 Å². The zero-order valence-electron chi connectivity index (χ0n) is 12.0. The van der Waals surface area contributed by atoms with Crippen molar-refractivity contribution in [1.82, 2.24) is 5.32 Å². The molecule has 1 aromatic rings. The molecule has 1 atom stereocenters. The normalized spacial score (nSPS) is 12.3. The first-order valence-corrected chi connectivity index (χ1v) is 6.74. The smallest absolute Gasteiger partial charge is 0.257 e. The van der Waals surface area contributed by atoms with Crippen LogP contribution in [0.4, 0.5) is 0 Å². The summed E-state index contributed by atoms with van der Waals surface area (Å²) in [6.45, 7) is 6.93. The number of carbonyl (C=O) groups is 1. The zero-order chi connectivity index (χ0) is 14.3. The molecule has 0 radical (unpaired) electrons. The SMILES string of the molecule is CC(C)CCNC(=O)COc1ccc([C@@H](C)N)cc1.